The second kappa shape index (κ2) is 8.00. The molecule has 0 spiro atoms. The summed E-state index contributed by atoms with van der Waals surface area (Å²) >= 11 is 4.91. The van der Waals surface area contributed by atoms with E-state index in [4.69, 9.17) is 12.6 Å². The van der Waals surface area contributed by atoms with Crippen LogP contribution in [0.4, 0.5) is 0 Å². The molecule has 0 radical (unpaired) electrons. The summed E-state index contributed by atoms with van der Waals surface area (Å²) < 4.78 is 0. The maximum atomic E-state index is 9.96. The van der Waals surface area contributed by atoms with E-state index in [1.165, 1.54) is 12.1 Å². The quantitative estimate of drug-likeness (QED) is 0.513. The largest absolute Gasteiger partial charge is 1.00 e. The molecule has 0 atom stereocenters. The molecule has 0 saturated heterocycles. The Bertz CT molecular complexity index is 588. The van der Waals surface area contributed by atoms with E-state index in [9.17, 15) is 10.2 Å². The Balaban J connectivity index is 0.00000200. The van der Waals surface area contributed by atoms with Crippen molar-refractivity contribution in [3.8, 4) is 11.5 Å². The molecule has 0 amide bonds. The number of rotatable bonds is 4. The van der Waals surface area contributed by atoms with Gasteiger partial charge in [-0.3, -0.25) is 4.99 Å². The Labute approximate surface area is 134 Å². The van der Waals surface area contributed by atoms with Crippen LogP contribution in [0.5, 0.6) is 11.5 Å². The maximum absolute atomic E-state index is 9.96. The molecule has 2 rings (SSSR count). The summed E-state index contributed by atoms with van der Waals surface area (Å²) in [5, 5.41) is 19.3. The van der Waals surface area contributed by atoms with Crippen LogP contribution in [-0.2, 0) is 29.7 Å². The normalized spacial score (nSPS) is 10.9. The van der Waals surface area contributed by atoms with Gasteiger partial charge in [0.15, 0.2) is 0 Å². The van der Waals surface area contributed by atoms with Gasteiger partial charge in [-0.1, -0.05) is 30.3 Å². The maximum Gasteiger partial charge on any atom is 1.00 e. The number of aromatic hydroxyl groups is 2. The second-order valence-corrected chi connectivity index (χ2v) is 4.41. The molecule has 0 aliphatic carbocycles. The van der Waals surface area contributed by atoms with Gasteiger partial charge < -0.3 is 22.8 Å². The first-order valence-electron chi connectivity index (χ1n) is 5.92. The third-order valence-corrected chi connectivity index (χ3v) is 2.83. The van der Waals surface area contributed by atoms with E-state index in [1.807, 2.05) is 30.3 Å². The summed E-state index contributed by atoms with van der Waals surface area (Å²) in [5.41, 5.74) is 2.18. The van der Waals surface area contributed by atoms with Gasteiger partial charge in [-0.05, 0) is 12.1 Å². The van der Waals surface area contributed by atoms with Crippen LogP contribution < -0.4 is 0 Å². The van der Waals surface area contributed by atoms with Gasteiger partial charge in [0.25, 0.3) is 0 Å². The average molecular weight is 336 g/mol. The van der Waals surface area contributed by atoms with Gasteiger partial charge in [-0.25, -0.2) is 0 Å². The minimum atomic E-state index is 0. The molecule has 20 heavy (non-hydrogen) atoms. The molecule has 0 unspecified atom stereocenters. The molecule has 0 heterocycles. The predicted octanol–water partition coefficient (Wildman–Crippen LogP) is 2.48. The van der Waals surface area contributed by atoms with Gasteiger partial charge in [0.2, 0.25) is 0 Å². The van der Waals surface area contributed by atoms with E-state index < -0.39 is 0 Å². The van der Waals surface area contributed by atoms with Gasteiger partial charge in [-0.2, -0.15) is 5.75 Å². The minimum absolute atomic E-state index is 0. The summed E-state index contributed by atoms with van der Waals surface area (Å²) in [6.45, 7) is 0.514. The number of phenols is 2. The van der Waals surface area contributed by atoms with Crippen molar-refractivity contribution < 1.29 is 27.3 Å². The Morgan fingerprint density at radius 2 is 1.75 bits per heavy atom. The van der Waals surface area contributed by atoms with Crippen molar-refractivity contribution in [2.24, 2.45) is 4.99 Å². The first-order chi connectivity index (χ1) is 9.22. The fourth-order valence-corrected chi connectivity index (χ4v) is 1.90. The number of hydrogen-bond acceptors (Lipinski definition) is 4. The predicted molar refractivity (Wildman–Crippen MR) is 79.0 cm³/mol. The van der Waals surface area contributed by atoms with Crippen molar-refractivity contribution in [3.05, 3.63) is 59.7 Å². The van der Waals surface area contributed by atoms with Crippen LogP contribution in [0.1, 0.15) is 11.1 Å². The van der Waals surface area contributed by atoms with Gasteiger partial charge in [-0.15, -0.1) is 0 Å². The molecule has 5 heteroatoms. The summed E-state index contributed by atoms with van der Waals surface area (Å²) in [5.74, 6) is 0.554. The van der Waals surface area contributed by atoms with Gasteiger partial charge in [0.05, 0.1) is 5.71 Å². The van der Waals surface area contributed by atoms with Gasteiger partial charge >= 0.3 is 17.1 Å². The first-order valence-corrected chi connectivity index (χ1v) is 6.50. The number of nitrogens with zero attached hydrogens (tertiary/aromatic N) is 1. The molecule has 3 nitrogen and oxygen atoms in total. The third kappa shape index (κ3) is 4.04. The van der Waals surface area contributed by atoms with E-state index in [-0.39, 0.29) is 28.6 Å². The molecule has 0 aliphatic heterocycles. The fraction of sp³-hybridized carbons (Fsp3) is 0.133. The van der Waals surface area contributed by atoms with Gasteiger partial charge in [0, 0.05) is 23.7 Å². The van der Waals surface area contributed by atoms with Crippen LogP contribution in [0.25, 0.3) is 0 Å². The Morgan fingerprint density at radius 1 is 1.05 bits per heavy atom. The molecule has 108 valence electrons. The molecule has 0 aliphatic rings. The molecule has 0 aromatic heterocycles. The van der Waals surface area contributed by atoms with Crippen molar-refractivity contribution in [1.29, 1.82) is 0 Å². The topological polar surface area (TPSA) is 52.8 Å². The number of benzene rings is 2. The third-order valence-electron chi connectivity index (χ3n) is 2.64. The van der Waals surface area contributed by atoms with Crippen molar-refractivity contribution in [2.75, 3.05) is 12.3 Å². The van der Waals surface area contributed by atoms with Crippen LogP contribution in [0.15, 0.2) is 53.5 Å². The second-order valence-electron chi connectivity index (χ2n) is 4.00. The van der Waals surface area contributed by atoms with Crippen molar-refractivity contribution in [3.63, 3.8) is 0 Å². The zero-order chi connectivity index (χ0) is 13.7. The summed E-state index contributed by atoms with van der Waals surface area (Å²) in [7, 11) is 0. The fourth-order valence-electron chi connectivity index (χ4n) is 1.81. The summed E-state index contributed by atoms with van der Waals surface area (Å²) in [6.07, 6.45) is 0. The number of phenolic OH excluding ortho intramolecular Hbond substituents is 2. The molecule has 0 saturated carbocycles. The molecule has 0 bridgehead atoms. The molecule has 2 aromatic rings. The van der Waals surface area contributed by atoms with E-state index in [0.29, 0.717) is 23.6 Å². The Hall–Kier alpha value is -1.42. The molecule has 0 fully saturated rings. The Kier molecular flexibility index (Phi) is 6.65. The van der Waals surface area contributed by atoms with E-state index in [0.717, 1.165) is 5.56 Å². The zero-order valence-corrected chi connectivity index (χ0v) is 12.3. The van der Waals surface area contributed by atoms with Crippen molar-refractivity contribution in [1.82, 2.24) is 0 Å². The van der Waals surface area contributed by atoms with Crippen LogP contribution in [0, 0.1) is 0 Å². The standard InChI is InChI=1S/C15H15NO2S.Cu/c17-12-6-7-13(14(18)10-12)15(16-8-9-19)11-4-2-1-3-5-11;/h1-7,10,17-19H,8-9H2;/q;+1/p-1. The van der Waals surface area contributed by atoms with Crippen LogP contribution in [0.2, 0.25) is 0 Å². The smallest absolute Gasteiger partial charge is 0.791 e. The molecular formula is C15H14CuNO2S. The van der Waals surface area contributed by atoms with E-state index >= 15 is 0 Å². The molecule has 2 aromatic carbocycles. The average Bonchev–Trinajstić information content (AvgIpc) is 2.42. The van der Waals surface area contributed by atoms with Crippen molar-refractivity contribution >= 4 is 18.3 Å². The molecular weight excluding hydrogens is 322 g/mol. The van der Waals surface area contributed by atoms with Crippen LogP contribution in [0.3, 0.4) is 0 Å². The number of hydrogen-bond donors (Lipinski definition) is 2. The van der Waals surface area contributed by atoms with Gasteiger partial charge in [0.1, 0.15) is 11.5 Å². The van der Waals surface area contributed by atoms with Crippen LogP contribution in [-0.4, -0.2) is 28.2 Å². The van der Waals surface area contributed by atoms with Crippen molar-refractivity contribution in [2.45, 2.75) is 0 Å². The summed E-state index contributed by atoms with van der Waals surface area (Å²) in [4.78, 5) is 4.44. The van der Waals surface area contributed by atoms with E-state index in [1.54, 1.807) is 6.07 Å². The molecule has 2 N–H and O–H groups in total. The number of aliphatic imine (C=N–C) groups is 1. The monoisotopic (exact) mass is 335 g/mol. The zero-order valence-electron chi connectivity index (χ0n) is 10.6. The SMILES string of the molecule is Oc1ccc(C(=NCC[S-])c2ccccc2)c(O)c1.[Cu+]. The van der Waals surface area contributed by atoms with Crippen LogP contribution >= 0.6 is 0 Å². The minimum Gasteiger partial charge on any atom is -0.791 e. The Morgan fingerprint density at radius 3 is 2.35 bits per heavy atom. The summed E-state index contributed by atoms with van der Waals surface area (Å²) in [6, 6.07) is 14.1. The van der Waals surface area contributed by atoms with E-state index in [2.05, 4.69) is 4.99 Å². The first kappa shape index (κ1) is 16.6.